The molecule has 1 aromatic carbocycles. The van der Waals surface area contributed by atoms with E-state index in [0.29, 0.717) is 5.69 Å². The average molecular weight is 603 g/mol. The molecule has 0 radical (unpaired) electrons. The summed E-state index contributed by atoms with van der Waals surface area (Å²) in [5.41, 5.74) is 0.349. The van der Waals surface area contributed by atoms with E-state index >= 15 is 0 Å². The summed E-state index contributed by atoms with van der Waals surface area (Å²) in [4.78, 5) is 36.3. The fraction of sp³-hybridized carbons (Fsp3) is 0.469. The number of aromatic nitrogens is 3. The van der Waals surface area contributed by atoms with Gasteiger partial charge in [-0.15, -0.1) is 0 Å². The van der Waals surface area contributed by atoms with Crippen molar-refractivity contribution in [3.05, 3.63) is 59.2 Å². The van der Waals surface area contributed by atoms with Gasteiger partial charge in [-0.25, -0.2) is 23.8 Å². The maximum Gasteiger partial charge on any atom is 0.417 e. The van der Waals surface area contributed by atoms with Crippen LogP contribution < -0.4 is 10.2 Å². The zero-order valence-corrected chi connectivity index (χ0v) is 25.8. The summed E-state index contributed by atoms with van der Waals surface area (Å²) in [5.74, 6) is -0.410. The van der Waals surface area contributed by atoms with E-state index in [1.807, 2.05) is 12.1 Å². The molecular formula is C32H39FN8O3. The molecule has 2 saturated heterocycles. The number of rotatable bonds is 3. The summed E-state index contributed by atoms with van der Waals surface area (Å²) in [6.45, 7) is 11.5. The van der Waals surface area contributed by atoms with Crippen LogP contribution in [0.5, 0.6) is 0 Å². The van der Waals surface area contributed by atoms with Crippen LogP contribution in [-0.4, -0.2) is 88.5 Å². The number of piperazine rings is 1. The zero-order valence-electron chi connectivity index (χ0n) is 25.8. The highest BCUT2D eigenvalue weighted by Crippen LogP contribution is 2.34. The van der Waals surface area contributed by atoms with Crippen LogP contribution in [0, 0.1) is 17.1 Å². The molecule has 6 rings (SSSR count). The Kier molecular flexibility index (Phi) is 9.27. The van der Waals surface area contributed by atoms with Gasteiger partial charge in [0, 0.05) is 51.5 Å². The van der Waals surface area contributed by atoms with Gasteiger partial charge in [-0.2, -0.15) is 10.4 Å². The second-order valence-corrected chi connectivity index (χ2v) is 12.2. The number of pyridine rings is 1. The van der Waals surface area contributed by atoms with E-state index in [1.54, 1.807) is 37.7 Å². The first-order chi connectivity index (χ1) is 21.1. The van der Waals surface area contributed by atoms with Crippen LogP contribution in [0.4, 0.5) is 15.0 Å². The quantitative estimate of drug-likeness (QED) is 0.467. The second kappa shape index (κ2) is 13.1. The molecule has 0 aliphatic carbocycles. The Hall–Kier alpha value is -4.34. The van der Waals surface area contributed by atoms with Gasteiger partial charge < -0.3 is 19.9 Å². The number of ether oxygens (including phenoxy) is 1. The van der Waals surface area contributed by atoms with Crippen molar-refractivity contribution in [2.45, 2.75) is 52.2 Å². The molecule has 0 bridgehead atoms. The van der Waals surface area contributed by atoms with Crippen molar-refractivity contribution >= 4 is 17.8 Å². The fourth-order valence-corrected chi connectivity index (χ4v) is 5.45. The smallest absolute Gasteiger partial charge is 0.417 e. The molecule has 3 aliphatic heterocycles. The molecule has 1 N–H and O–H groups in total. The number of hydrogen-bond donors (Lipinski definition) is 1. The van der Waals surface area contributed by atoms with Crippen LogP contribution in [0.3, 0.4) is 0 Å². The van der Waals surface area contributed by atoms with Crippen LogP contribution in [0.25, 0.3) is 16.9 Å². The van der Waals surface area contributed by atoms with Crippen LogP contribution in [-0.2, 0) is 11.3 Å². The number of carbonyl (C=O) groups excluding carboxylic acids is 2. The Labute approximate surface area is 257 Å². The summed E-state index contributed by atoms with van der Waals surface area (Å²) in [5, 5.41) is 17.6. The topological polar surface area (TPSA) is 120 Å². The Morgan fingerprint density at radius 2 is 1.80 bits per heavy atom. The Morgan fingerprint density at radius 3 is 2.43 bits per heavy atom. The van der Waals surface area contributed by atoms with Gasteiger partial charge in [0.15, 0.2) is 5.82 Å². The number of fused-ring (bicyclic) bond motifs is 1. The predicted molar refractivity (Wildman–Crippen MR) is 164 cm³/mol. The molecule has 0 atom stereocenters. The van der Waals surface area contributed by atoms with Gasteiger partial charge in [-0.3, -0.25) is 4.79 Å². The Morgan fingerprint density at radius 1 is 1.07 bits per heavy atom. The Bertz CT molecular complexity index is 1560. The number of nitriles is 1. The molecule has 12 heteroatoms. The van der Waals surface area contributed by atoms with E-state index in [4.69, 9.17) is 9.84 Å². The van der Waals surface area contributed by atoms with Crippen molar-refractivity contribution in [1.82, 2.24) is 29.9 Å². The summed E-state index contributed by atoms with van der Waals surface area (Å²) in [6, 6.07) is 9.64. The second-order valence-electron chi connectivity index (χ2n) is 12.2. The number of piperidine rings is 1. The summed E-state index contributed by atoms with van der Waals surface area (Å²) < 4.78 is 21.9. The van der Waals surface area contributed by atoms with Crippen LogP contribution in [0.1, 0.15) is 61.6 Å². The van der Waals surface area contributed by atoms with Gasteiger partial charge in [0.05, 0.1) is 46.4 Å². The summed E-state index contributed by atoms with van der Waals surface area (Å²) in [7, 11) is 2.15. The maximum absolute atomic E-state index is 15.0. The van der Waals surface area contributed by atoms with Gasteiger partial charge in [-0.05, 0) is 65.3 Å². The molecule has 2 amide bonds. The number of amides is 2. The van der Waals surface area contributed by atoms with Crippen molar-refractivity contribution in [3.63, 3.8) is 0 Å². The summed E-state index contributed by atoms with van der Waals surface area (Å²) in [6.07, 6.45) is 4.28. The molecule has 3 aromatic rings. The molecule has 2 fully saturated rings. The Balaban J connectivity index is 0.000000484. The molecule has 2 aromatic heterocycles. The number of hydrogen-bond acceptors (Lipinski definition) is 9. The van der Waals surface area contributed by atoms with Gasteiger partial charge >= 0.3 is 6.09 Å². The highest BCUT2D eigenvalue weighted by molar-refractivity contribution is 6.08. The van der Waals surface area contributed by atoms with Crippen molar-refractivity contribution < 1.29 is 18.7 Å². The van der Waals surface area contributed by atoms with E-state index in [-0.39, 0.29) is 34.6 Å². The fourth-order valence-electron chi connectivity index (χ4n) is 5.45. The first kappa shape index (κ1) is 31.1. The molecule has 11 nitrogen and oxygen atoms in total. The van der Waals surface area contributed by atoms with Gasteiger partial charge in [0.2, 0.25) is 0 Å². The molecule has 5 heterocycles. The van der Waals surface area contributed by atoms with E-state index in [1.165, 1.54) is 37.7 Å². The third-order valence-corrected chi connectivity index (χ3v) is 7.69. The number of anilines is 1. The molecule has 3 aliphatic rings. The molecule has 232 valence electrons. The minimum atomic E-state index is -0.798. The lowest BCUT2D eigenvalue weighted by Crippen LogP contribution is -2.40. The van der Waals surface area contributed by atoms with Gasteiger partial charge in [0.25, 0.3) is 5.91 Å². The molecule has 0 unspecified atom stereocenters. The van der Waals surface area contributed by atoms with E-state index in [0.717, 1.165) is 49.7 Å². The van der Waals surface area contributed by atoms with Crippen LogP contribution in [0.2, 0.25) is 0 Å². The molecule has 0 saturated carbocycles. The van der Waals surface area contributed by atoms with Crippen molar-refractivity contribution in [2.24, 2.45) is 0 Å². The number of likely N-dealkylation sites (N-methyl/N-ethyl adjacent to an activating group) is 1. The zero-order chi connectivity index (χ0) is 31.4. The monoisotopic (exact) mass is 602 g/mol. The van der Waals surface area contributed by atoms with E-state index in [2.05, 4.69) is 27.1 Å². The maximum atomic E-state index is 15.0. The third-order valence-electron chi connectivity index (χ3n) is 7.69. The van der Waals surface area contributed by atoms with E-state index < -0.39 is 23.4 Å². The van der Waals surface area contributed by atoms with Crippen molar-refractivity contribution in [3.8, 4) is 23.0 Å². The lowest BCUT2D eigenvalue weighted by molar-refractivity contribution is 0.0247. The van der Waals surface area contributed by atoms with Gasteiger partial charge in [-0.1, -0.05) is 6.07 Å². The number of benzene rings is 1. The first-order valence-electron chi connectivity index (χ1n) is 15.0. The number of imide groups is 1. The SMILES string of the molecule is CC(C)(C)OC(=O)N1Cc2nc(-c3c(F)cccc3C#N)cc(-n3ccc(N4CCCCC4)n3)c2C1=O.CN1CCNCC1. The molecule has 44 heavy (non-hydrogen) atoms. The lowest BCUT2D eigenvalue weighted by Gasteiger charge is -2.26. The summed E-state index contributed by atoms with van der Waals surface area (Å²) >= 11 is 0. The highest BCUT2D eigenvalue weighted by atomic mass is 19.1. The molecular weight excluding hydrogens is 563 g/mol. The van der Waals surface area contributed by atoms with Crippen LogP contribution >= 0.6 is 0 Å². The lowest BCUT2D eigenvalue weighted by atomic mass is 10.0. The average Bonchev–Trinajstić information content (AvgIpc) is 3.62. The standard InChI is InChI=1S/C27H27FN6O3.C5H12N2/c1-27(2,3)37-26(36)33-16-20-24(25(33)35)21(34-13-10-22(31-34)32-11-5-4-6-12-32)14-19(30-20)23-17(15-29)8-7-9-18(23)28;1-7-4-2-6-3-5-7/h7-10,13-14H,4-6,11-12,16H2,1-3H3;6H,2-5H2,1H3. The number of nitrogens with one attached hydrogen (secondary N) is 1. The third kappa shape index (κ3) is 6.90. The number of nitrogens with zero attached hydrogens (tertiary/aromatic N) is 7. The first-order valence-corrected chi connectivity index (χ1v) is 15.0. The minimum Gasteiger partial charge on any atom is -0.443 e. The van der Waals surface area contributed by atoms with E-state index in [9.17, 15) is 19.2 Å². The number of carbonyl (C=O) groups is 2. The van der Waals surface area contributed by atoms with Crippen molar-refractivity contribution in [1.29, 1.82) is 5.26 Å². The minimum absolute atomic E-state index is 0.0284. The van der Waals surface area contributed by atoms with Crippen LogP contribution in [0.15, 0.2) is 36.5 Å². The van der Waals surface area contributed by atoms with Crippen molar-refractivity contribution in [2.75, 3.05) is 51.2 Å². The normalized spacial score (nSPS) is 17.0. The van der Waals surface area contributed by atoms with Gasteiger partial charge in [0.1, 0.15) is 11.4 Å². The largest absolute Gasteiger partial charge is 0.443 e. The predicted octanol–water partition coefficient (Wildman–Crippen LogP) is 4.35. The highest BCUT2D eigenvalue weighted by Gasteiger charge is 2.39. The number of halogens is 1. The molecule has 0 spiro atoms.